The molecule has 3 rings (SSSR count). The van der Waals surface area contributed by atoms with E-state index in [1.165, 1.54) is 6.07 Å². The maximum absolute atomic E-state index is 11.3. The highest BCUT2D eigenvalue weighted by Gasteiger charge is 2.29. The summed E-state index contributed by atoms with van der Waals surface area (Å²) in [6.07, 6.45) is 0. The number of hydrogen-bond acceptors (Lipinski definition) is 7. The normalized spacial score (nSPS) is 12.7. The summed E-state index contributed by atoms with van der Waals surface area (Å²) >= 11 is 6.16. The summed E-state index contributed by atoms with van der Waals surface area (Å²) in [6, 6.07) is 4.46. The van der Waals surface area contributed by atoms with Gasteiger partial charge in [-0.2, -0.15) is 10.1 Å². The Labute approximate surface area is 198 Å². The Morgan fingerprint density at radius 3 is 2.36 bits per heavy atom. The molecule has 0 amide bonds. The van der Waals surface area contributed by atoms with Crippen LogP contribution in [0, 0.1) is 5.92 Å². The van der Waals surface area contributed by atoms with Gasteiger partial charge in [0.05, 0.1) is 34.6 Å². The van der Waals surface area contributed by atoms with Crippen molar-refractivity contribution >= 4 is 35.0 Å². The smallest absolute Gasteiger partial charge is 0.337 e. The van der Waals surface area contributed by atoms with E-state index in [4.69, 9.17) is 16.6 Å². The quantitative estimate of drug-likeness (QED) is 0.341. The first-order chi connectivity index (χ1) is 15.5. The van der Waals surface area contributed by atoms with Crippen molar-refractivity contribution in [2.24, 2.45) is 5.92 Å². The van der Waals surface area contributed by atoms with E-state index < -0.39 is 5.97 Å². The van der Waals surface area contributed by atoms with Gasteiger partial charge in [0.1, 0.15) is 0 Å². The molecule has 2 aliphatic heterocycles. The fourth-order valence-corrected chi connectivity index (χ4v) is 3.87. The number of aliphatic hydroxyl groups excluding tert-OH is 1. The lowest BCUT2D eigenvalue weighted by Crippen LogP contribution is -2.32. The number of carboxylic acids is 1. The minimum atomic E-state index is -1.09. The summed E-state index contributed by atoms with van der Waals surface area (Å²) in [5, 5.41) is 34.7. The van der Waals surface area contributed by atoms with Crippen LogP contribution < -0.4 is 10.6 Å². The molecule has 33 heavy (non-hydrogen) atoms. The van der Waals surface area contributed by atoms with Crippen molar-refractivity contribution in [2.45, 2.75) is 59.5 Å². The standard InChI is InChI=1S/C23H31ClN6O3/c1-11(2)17(10-31)26-23-27-21(25-14-7-8-15(22(32)33)16(24)9-14)19-20(30(23)13(5)6)18(12(3)4)28-29-19/h7-9,11-13,17,25,31H,10H2,1-6H3,(H,26,27)(H,32,33). The average Bonchev–Trinajstić information content (AvgIpc) is 3.16. The summed E-state index contributed by atoms with van der Waals surface area (Å²) < 4.78 is 2.06. The van der Waals surface area contributed by atoms with Gasteiger partial charge in [0.2, 0.25) is 5.95 Å². The topological polar surface area (TPSA) is 125 Å². The molecular weight excluding hydrogens is 444 g/mol. The number of carbonyl (C=O) groups is 1. The van der Waals surface area contributed by atoms with Crippen molar-refractivity contribution in [3.05, 3.63) is 34.5 Å². The van der Waals surface area contributed by atoms with Crippen molar-refractivity contribution in [2.75, 3.05) is 17.2 Å². The molecule has 0 aromatic heterocycles. The summed E-state index contributed by atoms with van der Waals surface area (Å²) in [6.45, 7) is 12.3. The van der Waals surface area contributed by atoms with Crippen LogP contribution in [0.1, 0.15) is 69.6 Å². The molecule has 2 heterocycles. The van der Waals surface area contributed by atoms with Gasteiger partial charge in [-0.25, -0.2) is 4.79 Å². The molecule has 4 N–H and O–H groups in total. The molecular formula is C23H31ClN6O3. The van der Waals surface area contributed by atoms with E-state index >= 15 is 0 Å². The van der Waals surface area contributed by atoms with Gasteiger partial charge in [0.25, 0.3) is 0 Å². The number of nitrogens with zero attached hydrogens (tertiary/aromatic N) is 4. The Morgan fingerprint density at radius 1 is 1.15 bits per heavy atom. The second-order valence-electron chi connectivity index (χ2n) is 8.99. The van der Waals surface area contributed by atoms with E-state index in [0.717, 1.165) is 11.4 Å². The molecule has 178 valence electrons. The molecule has 0 bridgehead atoms. The largest absolute Gasteiger partial charge is 0.478 e. The molecule has 9 nitrogen and oxygen atoms in total. The first-order valence-electron chi connectivity index (χ1n) is 11.0. The maximum Gasteiger partial charge on any atom is 0.337 e. The van der Waals surface area contributed by atoms with Gasteiger partial charge in [0, 0.05) is 11.7 Å². The van der Waals surface area contributed by atoms with Crippen LogP contribution in [-0.2, 0) is 0 Å². The van der Waals surface area contributed by atoms with Crippen molar-refractivity contribution < 1.29 is 15.0 Å². The summed E-state index contributed by atoms with van der Waals surface area (Å²) in [7, 11) is 0. The lowest BCUT2D eigenvalue weighted by molar-refractivity contribution is 0.0697. The van der Waals surface area contributed by atoms with Gasteiger partial charge >= 0.3 is 5.97 Å². The predicted molar refractivity (Wildman–Crippen MR) is 130 cm³/mol. The zero-order valence-electron chi connectivity index (χ0n) is 19.7. The second kappa shape index (κ2) is 9.93. The lowest BCUT2D eigenvalue weighted by atomic mass is 10.0. The van der Waals surface area contributed by atoms with Gasteiger partial charge in [-0.15, -0.1) is 5.10 Å². The molecule has 1 aromatic rings. The van der Waals surface area contributed by atoms with Crippen molar-refractivity contribution in [3.63, 3.8) is 0 Å². The van der Waals surface area contributed by atoms with Crippen molar-refractivity contribution in [3.8, 4) is 11.4 Å². The van der Waals surface area contributed by atoms with E-state index in [1.54, 1.807) is 12.1 Å². The summed E-state index contributed by atoms with van der Waals surface area (Å²) in [5.74, 6) is 0.253. The van der Waals surface area contributed by atoms with Crippen LogP contribution >= 0.6 is 11.6 Å². The fourth-order valence-electron chi connectivity index (χ4n) is 3.61. The molecule has 0 spiro atoms. The van der Waals surface area contributed by atoms with Crippen molar-refractivity contribution in [1.29, 1.82) is 0 Å². The van der Waals surface area contributed by atoms with Gasteiger partial charge in [-0.3, -0.25) is 0 Å². The number of anilines is 3. The van der Waals surface area contributed by atoms with Gasteiger partial charge in [-0.1, -0.05) is 39.3 Å². The second-order valence-corrected chi connectivity index (χ2v) is 9.39. The monoisotopic (exact) mass is 474 g/mol. The predicted octanol–water partition coefficient (Wildman–Crippen LogP) is 5.01. The third-order valence-corrected chi connectivity index (χ3v) is 5.79. The molecule has 0 fully saturated rings. The number of fused-ring (bicyclic) bond motifs is 1. The Kier molecular flexibility index (Phi) is 7.44. The molecule has 0 aliphatic carbocycles. The minimum absolute atomic E-state index is 0.0197. The van der Waals surface area contributed by atoms with E-state index in [-0.39, 0.29) is 41.1 Å². The van der Waals surface area contributed by atoms with Gasteiger partial charge < -0.3 is 25.4 Å². The molecule has 0 saturated heterocycles. The van der Waals surface area contributed by atoms with E-state index in [9.17, 15) is 15.0 Å². The Morgan fingerprint density at radius 2 is 1.85 bits per heavy atom. The molecule has 2 aliphatic rings. The lowest BCUT2D eigenvalue weighted by Gasteiger charge is -2.28. The molecule has 0 radical (unpaired) electrons. The number of halogens is 1. The van der Waals surface area contributed by atoms with Crippen LogP contribution in [0.4, 0.5) is 17.5 Å². The average molecular weight is 475 g/mol. The number of nitrogens with one attached hydrogen (secondary N) is 2. The number of aromatic nitrogens is 4. The number of benzene rings is 1. The van der Waals surface area contributed by atoms with Gasteiger partial charge in [-0.05, 0) is 43.9 Å². The van der Waals surface area contributed by atoms with Crippen LogP contribution in [0.15, 0.2) is 18.2 Å². The number of aromatic carboxylic acids is 1. The van der Waals surface area contributed by atoms with E-state index in [0.29, 0.717) is 23.1 Å². The zero-order chi connectivity index (χ0) is 24.4. The SMILES string of the molecule is CC(C)c1nnc2c(Nc3ccc(C(=O)O)c(Cl)c3)nc(NC(CO)C(C)C)n(C(C)C)c1-2. The molecule has 1 atom stereocenters. The zero-order valence-corrected chi connectivity index (χ0v) is 20.5. The number of hydrogen-bond donors (Lipinski definition) is 4. The summed E-state index contributed by atoms with van der Waals surface area (Å²) in [5.41, 5.74) is 2.89. The number of carboxylic acid groups (broad SMARTS) is 1. The first kappa shape index (κ1) is 24.7. The van der Waals surface area contributed by atoms with Crippen LogP contribution in [0.3, 0.4) is 0 Å². The third kappa shape index (κ3) is 5.04. The number of rotatable bonds is 9. The highest BCUT2D eigenvalue weighted by atomic mass is 35.5. The molecule has 0 saturated carbocycles. The van der Waals surface area contributed by atoms with Crippen LogP contribution in [-0.4, -0.2) is 48.6 Å². The fraction of sp³-hybridized carbons (Fsp3) is 0.478. The number of aliphatic hydroxyl groups is 1. The van der Waals surface area contributed by atoms with Crippen LogP contribution in [0.2, 0.25) is 5.02 Å². The Hall–Kier alpha value is -2.91. The van der Waals surface area contributed by atoms with Crippen LogP contribution in [0.5, 0.6) is 0 Å². The van der Waals surface area contributed by atoms with Crippen LogP contribution in [0.25, 0.3) is 11.4 Å². The minimum Gasteiger partial charge on any atom is -0.478 e. The van der Waals surface area contributed by atoms with Gasteiger partial charge in [0.15, 0.2) is 11.5 Å². The molecule has 10 heteroatoms. The maximum atomic E-state index is 11.3. The molecule has 1 aromatic carbocycles. The van der Waals surface area contributed by atoms with Crippen molar-refractivity contribution in [1.82, 2.24) is 19.7 Å². The first-order valence-corrected chi connectivity index (χ1v) is 11.4. The molecule has 1 unspecified atom stereocenters. The van der Waals surface area contributed by atoms with E-state index in [2.05, 4.69) is 53.1 Å². The van der Waals surface area contributed by atoms with E-state index in [1.807, 2.05) is 13.8 Å². The Bertz CT molecular complexity index is 1110. The highest BCUT2D eigenvalue weighted by molar-refractivity contribution is 6.33. The third-order valence-electron chi connectivity index (χ3n) is 5.48. The summed E-state index contributed by atoms with van der Waals surface area (Å²) in [4.78, 5) is 16.1. The Balaban J connectivity index is 2.18. The highest BCUT2D eigenvalue weighted by Crippen LogP contribution is 2.39.